The molecule has 6 aromatic carbocycles. The molecule has 0 aliphatic rings. The predicted molar refractivity (Wildman–Crippen MR) is 213 cm³/mol. The van der Waals surface area contributed by atoms with Crippen LogP contribution in [0.2, 0.25) is 0 Å². The van der Waals surface area contributed by atoms with E-state index in [1.165, 1.54) is 33.0 Å². The van der Waals surface area contributed by atoms with E-state index >= 15 is 0 Å². The maximum atomic E-state index is 5.97. The van der Waals surface area contributed by atoms with E-state index in [1.807, 2.05) is 54.7 Å². The number of benzene rings is 6. The van der Waals surface area contributed by atoms with Crippen LogP contribution in [0.15, 0.2) is 175 Å². The number of aryl methyl sites for hydroxylation is 1. The number of aromatic nitrogens is 3. The Hall–Kier alpha value is -6.13. The Bertz CT molecular complexity index is 2820. The first-order valence-electron chi connectivity index (χ1n) is 17.4. The van der Waals surface area contributed by atoms with Gasteiger partial charge in [-0.3, -0.25) is 0 Å². The Morgan fingerprint density at radius 1 is 0.585 bits per heavy atom. The third-order valence-corrected chi connectivity index (χ3v) is 9.51. The first-order chi connectivity index (χ1) is 25.7. The van der Waals surface area contributed by atoms with Gasteiger partial charge in [0.25, 0.3) is 0 Å². The predicted octanol–water partition coefficient (Wildman–Crippen LogP) is 12.0. The third-order valence-electron chi connectivity index (χ3n) is 9.51. The number of para-hydroxylation sites is 2. The number of furan rings is 1. The van der Waals surface area contributed by atoms with Crippen LogP contribution in [0.1, 0.15) is 16.7 Å². The zero-order valence-corrected chi connectivity index (χ0v) is 31.4. The molecule has 257 valence electrons. The Kier molecular flexibility index (Phi) is 9.52. The zero-order chi connectivity index (χ0) is 34.9. The molecule has 0 bridgehead atoms. The number of hydrogen-bond donors (Lipinski definition) is 0. The van der Waals surface area contributed by atoms with Crippen molar-refractivity contribution in [1.82, 2.24) is 14.5 Å². The molecule has 0 fully saturated rings. The standard InChI is InChI=1S/C31H23N2.C17H10NO.Ir/c1-22-11-14-26(15-12-22)33-30-10-6-5-9-27(30)28-21-25(13-16-31(28)33)29-20-24(17-18-32-29)19-23-7-3-2-4-8-23;1-2-10-16-12(6-1)13-7-5-8-14(17(13)19-16)15-9-3-4-11-18-15;/h2-12,14-18,20-21H,19H2,1H3;1-7,9-11H;/q2*-1;. The molecule has 10 rings (SSSR count). The van der Waals surface area contributed by atoms with E-state index in [4.69, 9.17) is 4.42 Å². The van der Waals surface area contributed by atoms with E-state index in [9.17, 15) is 0 Å². The molecule has 4 aromatic heterocycles. The average Bonchev–Trinajstić information content (AvgIpc) is 3.75. The molecule has 10 aromatic rings. The summed E-state index contributed by atoms with van der Waals surface area (Å²) < 4.78 is 8.29. The van der Waals surface area contributed by atoms with E-state index in [1.54, 1.807) is 6.20 Å². The first kappa shape index (κ1) is 34.0. The van der Waals surface area contributed by atoms with Gasteiger partial charge in [0.05, 0.1) is 5.58 Å². The zero-order valence-electron chi connectivity index (χ0n) is 29.0. The molecule has 0 atom stereocenters. The molecule has 5 heteroatoms. The number of fused-ring (bicyclic) bond motifs is 6. The van der Waals surface area contributed by atoms with Gasteiger partial charge in [0.15, 0.2) is 0 Å². The molecule has 1 radical (unpaired) electrons. The fourth-order valence-electron chi connectivity index (χ4n) is 6.99. The summed E-state index contributed by atoms with van der Waals surface area (Å²) in [5.74, 6) is 0. The van der Waals surface area contributed by atoms with E-state index in [0.717, 1.165) is 62.1 Å². The second-order valence-corrected chi connectivity index (χ2v) is 13.0. The van der Waals surface area contributed by atoms with Crippen LogP contribution in [0.4, 0.5) is 0 Å². The number of rotatable bonds is 5. The summed E-state index contributed by atoms with van der Waals surface area (Å²) in [7, 11) is 0. The van der Waals surface area contributed by atoms with Gasteiger partial charge < -0.3 is 19.0 Å². The van der Waals surface area contributed by atoms with Gasteiger partial charge in [-0.15, -0.1) is 42.0 Å². The van der Waals surface area contributed by atoms with Gasteiger partial charge in [-0.05, 0) is 83.2 Å². The molecule has 0 N–H and O–H groups in total. The van der Waals surface area contributed by atoms with E-state index in [-0.39, 0.29) is 20.1 Å². The summed E-state index contributed by atoms with van der Waals surface area (Å²) in [6.07, 6.45) is 4.58. The minimum atomic E-state index is 0. The van der Waals surface area contributed by atoms with Gasteiger partial charge >= 0.3 is 0 Å². The second kappa shape index (κ2) is 14.8. The van der Waals surface area contributed by atoms with Crippen molar-refractivity contribution in [3.05, 3.63) is 199 Å². The number of hydrogen-bond acceptors (Lipinski definition) is 3. The average molecular weight is 860 g/mol. The van der Waals surface area contributed by atoms with Gasteiger partial charge in [0, 0.05) is 49.1 Å². The molecular weight excluding hydrogens is 827 g/mol. The van der Waals surface area contributed by atoms with Gasteiger partial charge in [-0.25, -0.2) is 0 Å². The molecule has 0 saturated heterocycles. The fraction of sp³-hybridized carbons (Fsp3) is 0.0417. The molecule has 4 heterocycles. The molecule has 0 aliphatic carbocycles. The van der Waals surface area contributed by atoms with Gasteiger partial charge in [-0.2, -0.15) is 0 Å². The number of pyridine rings is 2. The quantitative estimate of drug-likeness (QED) is 0.162. The molecule has 4 nitrogen and oxygen atoms in total. The van der Waals surface area contributed by atoms with Crippen molar-refractivity contribution >= 4 is 43.7 Å². The van der Waals surface area contributed by atoms with Crippen LogP contribution in [-0.4, -0.2) is 14.5 Å². The van der Waals surface area contributed by atoms with E-state index in [0.29, 0.717) is 0 Å². The van der Waals surface area contributed by atoms with Crippen molar-refractivity contribution in [1.29, 1.82) is 0 Å². The molecule has 0 amide bonds. The monoisotopic (exact) mass is 860 g/mol. The largest absolute Gasteiger partial charge is 0.501 e. The molecular formula is C48H33IrN3O-2. The molecule has 0 aliphatic heterocycles. The molecule has 0 unspecified atom stereocenters. The van der Waals surface area contributed by atoms with Crippen LogP contribution in [0, 0.1) is 19.1 Å². The number of nitrogens with zero attached hydrogens (tertiary/aromatic N) is 3. The van der Waals surface area contributed by atoms with Crippen LogP contribution >= 0.6 is 0 Å². The summed E-state index contributed by atoms with van der Waals surface area (Å²) in [6, 6.07) is 61.1. The van der Waals surface area contributed by atoms with Crippen LogP contribution < -0.4 is 0 Å². The van der Waals surface area contributed by atoms with E-state index in [2.05, 4.69) is 143 Å². The third kappa shape index (κ3) is 6.69. The Morgan fingerprint density at radius 2 is 1.34 bits per heavy atom. The first-order valence-corrected chi connectivity index (χ1v) is 17.4. The van der Waals surface area contributed by atoms with Crippen LogP contribution in [0.3, 0.4) is 0 Å². The van der Waals surface area contributed by atoms with Gasteiger partial charge in [0.1, 0.15) is 5.58 Å². The van der Waals surface area contributed by atoms with Crippen molar-refractivity contribution in [3.8, 4) is 28.2 Å². The van der Waals surface area contributed by atoms with Crippen molar-refractivity contribution < 1.29 is 24.5 Å². The molecule has 53 heavy (non-hydrogen) atoms. The van der Waals surface area contributed by atoms with E-state index < -0.39 is 0 Å². The SMILES string of the molecule is Cc1ccc(-n2c3c[c-]c(-c4cc(Cc5ccccc5)ccn4)cc3c3ccccc32)cc1.[Ir].[c-]1ccc2c(oc3ccccc32)c1-c1ccccn1. The summed E-state index contributed by atoms with van der Waals surface area (Å²) >= 11 is 0. The second-order valence-electron chi connectivity index (χ2n) is 13.0. The Morgan fingerprint density at radius 3 is 2.17 bits per heavy atom. The summed E-state index contributed by atoms with van der Waals surface area (Å²) in [6.45, 7) is 2.12. The maximum absolute atomic E-state index is 5.97. The minimum absolute atomic E-state index is 0. The maximum Gasteiger partial charge on any atom is 0.120 e. The Labute approximate surface area is 321 Å². The summed E-state index contributed by atoms with van der Waals surface area (Å²) in [5.41, 5.74) is 12.8. The fourth-order valence-corrected chi connectivity index (χ4v) is 6.99. The smallest absolute Gasteiger partial charge is 0.120 e. The van der Waals surface area contributed by atoms with Crippen LogP contribution in [0.25, 0.3) is 71.9 Å². The minimum Gasteiger partial charge on any atom is -0.501 e. The summed E-state index contributed by atoms with van der Waals surface area (Å²) in [5, 5.41) is 4.69. The van der Waals surface area contributed by atoms with Crippen molar-refractivity contribution in [2.45, 2.75) is 13.3 Å². The van der Waals surface area contributed by atoms with Crippen LogP contribution in [0.5, 0.6) is 0 Å². The van der Waals surface area contributed by atoms with Gasteiger partial charge in [-0.1, -0.05) is 119 Å². The van der Waals surface area contributed by atoms with Crippen LogP contribution in [-0.2, 0) is 26.5 Å². The van der Waals surface area contributed by atoms with Crippen molar-refractivity contribution in [2.75, 3.05) is 0 Å². The normalized spacial score (nSPS) is 11.0. The van der Waals surface area contributed by atoms with Gasteiger partial charge in [0.2, 0.25) is 0 Å². The molecule has 0 spiro atoms. The van der Waals surface area contributed by atoms with Crippen molar-refractivity contribution in [3.63, 3.8) is 0 Å². The topological polar surface area (TPSA) is 43.9 Å². The molecule has 0 saturated carbocycles. The summed E-state index contributed by atoms with van der Waals surface area (Å²) in [4.78, 5) is 9.05. The van der Waals surface area contributed by atoms with Crippen molar-refractivity contribution in [2.24, 2.45) is 0 Å². The Balaban J connectivity index is 0.000000170.